The Labute approximate surface area is 172 Å². The van der Waals surface area contributed by atoms with Gasteiger partial charge < -0.3 is 0 Å². The van der Waals surface area contributed by atoms with Crippen LogP contribution in [0.4, 0.5) is 0 Å². The molecule has 1 unspecified atom stereocenters. The van der Waals surface area contributed by atoms with Gasteiger partial charge in [0.2, 0.25) is 5.69 Å². The summed E-state index contributed by atoms with van der Waals surface area (Å²) in [5.74, 6) is -1.24. The average Bonchev–Trinajstić information content (AvgIpc) is 2.71. The Morgan fingerprint density at radius 3 is 2.48 bits per heavy atom. The van der Waals surface area contributed by atoms with Gasteiger partial charge in [0.15, 0.2) is 6.17 Å². The minimum Gasteiger partial charge on any atom is -0.200 e. The van der Waals surface area contributed by atoms with Crippen LogP contribution < -0.4 is 4.57 Å². The van der Waals surface area contributed by atoms with E-state index in [0.717, 1.165) is 46.0 Å². The molecule has 0 radical (unpaired) electrons. The molecule has 1 heteroatoms. The molecule has 0 aliphatic rings. The van der Waals surface area contributed by atoms with Crippen LogP contribution in [0.5, 0.6) is 0 Å². The van der Waals surface area contributed by atoms with Crippen molar-refractivity contribution in [3.8, 4) is 11.3 Å². The largest absolute Gasteiger partial charge is 0.220 e. The van der Waals surface area contributed by atoms with Gasteiger partial charge in [-0.25, -0.2) is 4.57 Å². The van der Waals surface area contributed by atoms with E-state index >= 15 is 0 Å². The normalized spacial score (nSPS) is 17.1. The minimum atomic E-state index is -2.45. The third-order valence-corrected chi connectivity index (χ3v) is 5.89. The van der Waals surface area contributed by atoms with Crippen LogP contribution in [0.3, 0.4) is 0 Å². The number of hydrogen-bond acceptors (Lipinski definition) is 0. The Balaban J connectivity index is 2.35. The molecule has 142 valence electrons. The first-order valence-corrected chi connectivity index (χ1v) is 9.88. The number of nitrogens with zero attached hydrogens (tertiary/aromatic N) is 1. The fraction of sp³-hybridized carbons (Fsp3) is 0.423. The zero-order valence-electron chi connectivity index (χ0n) is 22.4. The van der Waals surface area contributed by atoms with Gasteiger partial charge in [0.1, 0.15) is 8.42 Å². The highest BCUT2D eigenvalue weighted by molar-refractivity contribution is 5.94. The van der Waals surface area contributed by atoms with Gasteiger partial charge in [-0.3, -0.25) is 0 Å². The van der Waals surface area contributed by atoms with E-state index in [1.54, 1.807) is 0 Å². The van der Waals surface area contributed by atoms with Gasteiger partial charge in [0.25, 0.3) is 0 Å². The maximum Gasteiger partial charge on any atom is 0.220 e. The summed E-state index contributed by atoms with van der Waals surface area (Å²) in [6.07, 6.45) is 2.53. The fourth-order valence-electron chi connectivity index (χ4n) is 3.99. The first kappa shape index (κ1) is 13.9. The van der Waals surface area contributed by atoms with Crippen LogP contribution in [-0.2, 0) is 7.05 Å². The van der Waals surface area contributed by atoms with Gasteiger partial charge in [-0.05, 0) is 78.3 Å². The van der Waals surface area contributed by atoms with Crippen molar-refractivity contribution in [1.29, 1.82) is 0 Å². The minimum absolute atomic E-state index is 0.390. The van der Waals surface area contributed by atoms with E-state index in [0.29, 0.717) is 17.7 Å². The smallest absolute Gasteiger partial charge is 0.200 e. The van der Waals surface area contributed by atoms with E-state index in [2.05, 4.69) is 32.0 Å². The molecule has 1 atom stereocenters. The Kier molecular flexibility index (Phi) is 4.05. The van der Waals surface area contributed by atoms with Gasteiger partial charge in [0, 0.05) is 11.5 Å². The third-order valence-electron chi connectivity index (χ3n) is 5.89. The molecule has 1 heterocycles. The maximum absolute atomic E-state index is 8.62. The van der Waals surface area contributed by atoms with E-state index in [1.807, 2.05) is 43.7 Å². The van der Waals surface area contributed by atoms with Crippen molar-refractivity contribution in [2.75, 3.05) is 0 Å². The fourth-order valence-corrected chi connectivity index (χ4v) is 3.99. The molecule has 1 nitrogen and oxygen atoms in total. The van der Waals surface area contributed by atoms with Gasteiger partial charge in [-0.15, -0.1) is 0 Å². The number of rotatable bonds is 5. The molecule has 1 aromatic heterocycles. The van der Waals surface area contributed by atoms with Gasteiger partial charge >= 0.3 is 0 Å². The first-order valence-electron chi connectivity index (χ1n) is 12.4. The molecule has 3 aromatic rings. The van der Waals surface area contributed by atoms with E-state index < -0.39 is 12.7 Å². The number of pyridine rings is 1. The summed E-state index contributed by atoms with van der Waals surface area (Å²) in [6, 6.07) is 12.0. The summed E-state index contributed by atoms with van der Waals surface area (Å²) >= 11 is 0. The zero-order valence-corrected chi connectivity index (χ0v) is 17.4. The maximum atomic E-state index is 8.62. The number of fused-ring (bicyclic) bond motifs is 1. The van der Waals surface area contributed by atoms with Crippen LogP contribution in [0.2, 0.25) is 0 Å². The molecule has 0 fully saturated rings. The molecule has 2 aromatic carbocycles. The SMILES string of the molecule is [2H]c1cc2cc(C(CC)CC)ccc2c(-c2cc(C([2H])(C)C([2H])([2H])[2H])cc(C)c2C)[n+]1C. The lowest BCUT2D eigenvalue weighted by atomic mass is 9.89. The zero-order chi connectivity index (χ0) is 24.0. The van der Waals surface area contributed by atoms with Crippen molar-refractivity contribution in [1.82, 2.24) is 0 Å². The lowest BCUT2D eigenvalue weighted by Crippen LogP contribution is -2.31. The van der Waals surface area contributed by atoms with Crippen molar-refractivity contribution in [3.63, 3.8) is 0 Å². The summed E-state index contributed by atoms with van der Waals surface area (Å²) in [5.41, 5.74) is 5.48. The molecular weight excluding hydrogens is 326 g/mol. The van der Waals surface area contributed by atoms with Crippen molar-refractivity contribution >= 4 is 10.8 Å². The number of aryl methyl sites for hydroxylation is 1. The summed E-state index contributed by atoms with van der Waals surface area (Å²) in [6.45, 7) is 7.38. The second kappa shape index (κ2) is 7.84. The first-order chi connectivity index (χ1) is 14.8. The highest BCUT2D eigenvalue weighted by atomic mass is 14.9. The second-order valence-corrected chi connectivity index (χ2v) is 7.63. The van der Waals surface area contributed by atoms with Gasteiger partial charge in [-0.2, -0.15) is 0 Å². The summed E-state index contributed by atoms with van der Waals surface area (Å²) in [5, 5.41) is 2.04. The molecule has 0 bridgehead atoms. The third kappa shape index (κ3) is 3.65. The average molecular weight is 366 g/mol. The van der Waals surface area contributed by atoms with E-state index in [9.17, 15) is 0 Å². The van der Waals surface area contributed by atoms with Crippen molar-refractivity contribution in [2.24, 2.45) is 7.05 Å². The second-order valence-electron chi connectivity index (χ2n) is 7.63. The summed E-state index contributed by atoms with van der Waals surface area (Å²) in [7, 11) is 1.87. The molecule has 0 aliphatic heterocycles. The molecule has 0 N–H and O–H groups in total. The molecule has 0 saturated carbocycles. The number of aromatic nitrogens is 1. The van der Waals surface area contributed by atoms with E-state index in [-0.39, 0.29) is 0 Å². The van der Waals surface area contributed by atoms with Crippen molar-refractivity contribution in [3.05, 3.63) is 64.8 Å². The molecule has 27 heavy (non-hydrogen) atoms. The molecule has 0 aliphatic carbocycles. The molecule has 0 spiro atoms. The van der Waals surface area contributed by atoms with Crippen LogP contribution >= 0.6 is 0 Å². The highest BCUT2D eigenvalue weighted by Gasteiger charge is 2.20. The van der Waals surface area contributed by atoms with Gasteiger partial charge in [0.05, 0.1) is 10.9 Å². The predicted octanol–water partition coefficient (Wildman–Crippen LogP) is 6.98. The standard InChI is InChI=1S/C26H34N/c1-8-20(9-2)21-10-11-24-22(15-21)12-13-27(7)26(24)25-16-23(17(3)4)14-18(5)19(25)6/h10-17,20H,8-9H2,1-7H3/q+1/i3D3,13D,17D. The van der Waals surface area contributed by atoms with Gasteiger partial charge in [-0.1, -0.05) is 45.8 Å². The van der Waals surface area contributed by atoms with Crippen molar-refractivity contribution in [2.45, 2.75) is 66.1 Å². The van der Waals surface area contributed by atoms with Crippen LogP contribution in [-0.4, -0.2) is 0 Å². The lowest BCUT2D eigenvalue weighted by molar-refractivity contribution is -0.659. The Hall–Kier alpha value is -2.15. The predicted molar refractivity (Wildman–Crippen MR) is 117 cm³/mol. The van der Waals surface area contributed by atoms with E-state index in [4.69, 9.17) is 6.85 Å². The Morgan fingerprint density at radius 2 is 1.81 bits per heavy atom. The molecule has 0 amide bonds. The topological polar surface area (TPSA) is 3.88 Å². The monoisotopic (exact) mass is 365 g/mol. The number of hydrogen-bond donors (Lipinski definition) is 0. The Bertz CT molecular complexity index is 1160. The van der Waals surface area contributed by atoms with E-state index in [1.165, 1.54) is 12.5 Å². The summed E-state index contributed by atoms with van der Waals surface area (Å²) < 4.78 is 42.7. The lowest BCUT2D eigenvalue weighted by Gasteiger charge is -2.16. The highest BCUT2D eigenvalue weighted by Crippen LogP contribution is 2.34. The van der Waals surface area contributed by atoms with Crippen LogP contribution in [0.1, 0.15) is 81.4 Å². The molecule has 3 rings (SSSR count). The van der Waals surface area contributed by atoms with Crippen molar-refractivity contribution < 1.29 is 11.4 Å². The number of benzene rings is 2. The quantitative estimate of drug-likeness (QED) is 0.430. The molecular formula is C26H34N+. The Morgan fingerprint density at radius 1 is 1.07 bits per heavy atom. The van der Waals surface area contributed by atoms with Crippen LogP contribution in [0, 0.1) is 13.8 Å². The van der Waals surface area contributed by atoms with Crippen LogP contribution in [0.15, 0.2) is 42.6 Å². The molecule has 0 saturated heterocycles. The summed E-state index contributed by atoms with van der Waals surface area (Å²) in [4.78, 5) is 0. The van der Waals surface area contributed by atoms with Crippen LogP contribution in [0.25, 0.3) is 22.0 Å².